The average molecular weight is 459 g/mol. The predicted octanol–water partition coefficient (Wildman–Crippen LogP) is 4.30. The van der Waals surface area contributed by atoms with Crippen LogP contribution in [0.2, 0.25) is 0 Å². The third-order valence-corrected chi connectivity index (χ3v) is 5.43. The molecule has 0 saturated carbocycles. The van der Waals surface area contributed by atoms with Crippen molar-refractivity contribution in [2.45, 2.75) is 12.6 Å². The Morgan fingerprint density at radius 1 is 0.909 bits per heavy atom. The zero-order chi connectivity index (χ0) is 23.2. The van der Waals surface area contributed by atoms with Crippen LogP contribution in [0, 0.1) is 5.92 Å². The van der Waals surface area contributed by atoms with E-state index in [1.54, 1.807) is 48.5 Å². The number of carbonyl (C=O) groups is 2. The van der Waals surface area contributed by atoms with Crippen LogP contribution in [-0.2, 0) is 16.1 Å². The maximum Gasteiger partial charge on any atom is 0.343 e. The van der Waals surface area contributed by atoms with Gasteiger partial charge in [-0.05, 0) is 47.6 Å². The van der Waals surface area contributed by atoms with Gasteiger partial charge in [0, 0.05) is 5.70 Å². The van der Waals surface area contributed by atoms with E-state index in [2.05, 4.69) is 17.2 Å². The van der Waals surface area contributed by atoms with E-state index >= 15 is 0 Å². The smallest absolute Gasteiger partial charge is 0.343 e. The average Bonchev–Trinajstić information content (AvgIpc) is 2.84. The molecule has 0 bridgehead atoms. The van der Waals surface area contributed by atoms with Crippen molar-refractivity contribution in [3.63, 3.8) is 0 Å². The molecule has 1 aliphatic heterocycles. The molecule has 0 radical (unpaired) electrons. The molecule has 0 aromatic heterocycles. The quantitative estimate of drug-likeness (QED) is 0.324. The van der Waals surface area contributed by atoms with Crippen molar-refractivity contribution in [2.75, 3.05) is 0 Å². The summed E-state index contributed by atoms with van der Waals surface area (Å²) in [6.07, 6.45) is 0. The zero-order valence-electron chi connectivity index (χ0n) is 17.7. The molecule has 0 aliphatic carbocycles. The monoisotopic (exact) mass is 458 g/mol. The van der Waals surface area contributed by atoms with E-state index in [0.29, 0.717) is 22.1 Å². The van der Waals surface area contributed by atoms with Crippen LogP contribution < -0.4 is 15.4 Å². The first-order valence-corrected chi connectivity index (χ1v) is 10.8. The molecule has 166 valence electrons. The van der Waals surface area contributed by atoms with E-state index in [4.69, 9.17) is 21.7 Å². The Morgan fingerprint density at radius 2 is 1.55 bits per heavy atom. The van der Waals surface area contributed by atoms with Gasteiger partial charge in [0.2, 0.25) is 0 Å². The van der Waals surface area contributed by atoms with Gasteiger partial charge in [-0.1, -0.05) is 67.2 Å². The first-order valence-electron chi connectivity index (χ1n) is 10.4. The summed E-state index contributed by atoms with van der Waals surface area (Å²) in [4.78, 5) is 25.3. The van der Waals surface area contributed by atoms with Crippen LogP contribution in [0.5, 0.6) is 5.75 Å². The van der Waals surface area contributed by atoms with Crippen molar-refractivity contribution in [1.29, 1.82) is 0 Å². The molecule has 1 aliphatic rings. The lowest BCUT2D eigenvalue weighted by Crippen LogP contribution is -2.50. The SMILES string of the molecule is C=C1NC(=S)NC(c2ccc(OC(=O)c3ccccc3)cc2)C1C(=O)OCc1ccccc1. The molecule has 7 heteroatoms. The molecule has 1 fully saturated rings. The van der Waals surface area contributed by atoms with Gasteiger partial charge in [0.25, 0.3) is 0 Å². The van der Waals surface area contributed by atoms with Crippen LogP contribution in [0.3, 0.4) is 0 Å². The van der Waals surface area contributed by atoms with E-state index in [1.807, 2.05) is 36.4 Å². The zero-order valence-corrected chi connectivity index (χ0v) is 18.5. The van der Waals surface area contributed by atoms with Crippen LogP contribution in [0.25, 0.3) is 0 Å². The summed E-state index contributed by atoms with van der Waals surface area (Å²) < 4.78 is 11.0. The van der Waals surface area contributed by atoms with Crippen LogP contribution in [-0.4, -0.2) is 17.1 Å². The lowest BCUT2D eigenvalue weighted by molar-refractivity contribution is -0.149. The maximum atomic E-state index is 13.0. The van der Waals surface area contributed by atoms with Crippen molar-refractivity contribution in [3.05, 3.63) is 114 Å². The minimum absolute atomic E-state index is 0.162. The lowest BCUT2D eigenvalue weighted by atomic mass is 9.89. The standard InChI is InChI=1S/C26H22N2O4S/c1-17-22(25(30)31-16-18-8-4-2-5-9-18)23(28-26(33)27-17)19-12-14-21(15-13-19)32-24(29)20-10-6-3-7-11-20/h2-15,22-23H,1,16H2,(H2,27,28,33). The number of hydrogen-bond acceptors (Lipinski definition) is 5. The fourth-order valence-corrected chi connectivity index (χ4v) is 3.80. The first kappa shape index (κ1) is 22.2. The van der Waals surface area contributed by atoms with Crippen molar-refractivity contribution < 1.29 is 19.1 Å². The molecule has 33 heavy (non-hydrogen) atoms. The number of thiocarbonyl (C=S) groups is 1. The molecule has 0 amide bonds. The molecule has 2 atom stereocenters. The minimum atomic E-state index is -0.696. The molecule has 0 spiro atoms. The summed E-state index contributed by atoms with van der Waals surface area (Å²) >= 11 is 5.27. The topological polar surface area (TPSA) is 76.7 Å². The molecule has 4 rings (SSSR count). The third-order valence-electron chi connectivity index (χ3n) is 5.21. The van der Waals surface area contributed by atoms with Crippen molar-refractivity contribution in [2.24, 2.45) is 5.92 Å². The summed E-state index contributed by atoms with van der Waals surface area (Å²) in [5, 5.41) is 6.42. The van der Waals surface area contributed by atoms with Gasteiger partial charge in [0.15, 0.2) is 5.11 Å². The van der Waals surface area contributed by atoms with E-state index in [-0.39, 0.29) is 6.61 Å². The van der Waals surface area contributed by atoms with Gasteiger partial charge in [-0.25, -0.2) is 4.79 Å². The Labute approximate surface area is 197 Å². The Kier molecular flexibility index (Phi) is 6.80. The van der Waals surface area contributed by atoms with Crippen LogP contribution in [0.4, 0.5) is 0 Å². The second-order valence-electron chi connectivity index (χ2n) is 7.50. The number of benzene rings is 3. The Hall–Kier alpha value is -3.97. The van der Waals surface area contributed by atoms with Gasteiger partial charge in [0.05, 0.1) is 11.6 Å². The van der Waals surface area contributed by atoms with E-state index < -0.39 is 23.9 Å². The van der Waals surface area contributed by atoms with Gasteiger partial charge < -0.3 is 20.1 Å². The van der Waals surface area contributed by atoms with E-state index in [1.165, 1.54) is 0 Å². The second kappa shape index (κ2) is 10.1. The number of carbonyl (C=O) groups excluding carboxylic acids is 2. The highest BCUT2D eigenvalue weighted by Gasteiger charge is 2.37. The molecule has 3 aromatic rings. The lowest BCUT2D eigenvalue weighted by Gasteiger charge is -2.34. The largest absolute Gasteiger partial charge is 0.460 e. The summed E-state index contributed by atoms with van der Waals surface area (Å²) in [7, 11) is 0. The van der Waals surface area contributed by atoms with Gasteiger partial charge in [-0.3, -0.25) is 4.79 Å². The van der Waals surface area contributed by atoms with E-state index in [9.17, 15) is 9.59 Å². The minimum Gasteiger partial charge on any atom is -0.460 e. The number of nitrogens with one attached hydrogen (secondary N) is 2. The highest BCUT2D eigenvalue weighted by atomic mass is 32.1. The molecule has 1 heterocycles. The van der Waals surface area contributed by atoms with E-state index in [0.717, 1.165) is 11.1 Å². The van der Waals surface area contributed by atoms with Crippen LogP contribution >= 0.6 is 12.2 Å². The Balaban J connectivity index is 1.48. The van der Waals surface area contributed by atoms with Crippen molar-refractivity contribution in [3.8, 4) is 5.75 Å². The number of esters is 2. The number of ether oxygens (including phenoxy) is 2. The summed E-state index contributed by atoms with van der Waals surface area (Å²) in [6.45, 7) is 4.14. The molecule has 2 unspecified atom stereocenters. The normalized spacial score (nSPS) is 17.5. The molecule has 1 saturated heterocycles. The number of rotatable bonds is 6. The van der Waals surface area contributed by atoms with Gasteiger partial charge >= 0.3 is 11.9 Å². The van der Waals surface area contributed by atoms with Gasteiger partial charge in [0.1, 0.15) is 18.3 Å². The molecular weight excluding hydrogens is 436 g/mol. The van der Waals surface area contributed by atoms with Gasteiger partial charge in [-0.15, -0.1) is 0 Å². The summed E-state index contributed by atoms with van der Waals surface area (Å²) in [5.41, 5.74) is 2.59. The molecule has 3 aromatic carbocycles. The van der Waals surface area contributed by atoms with Crippen LogP contribution in [0.15, 0.2) is 97.2 Å². The van der Waals surface area contributed by atoms with Crippen LogP contribution in [0.1, 0.15) is 27.5 Å². The van der Waals surface area contributed by atoms with Gasteiger partial charge in [-0.2, -0.15) is 0 Å². The fourth-order valence-electron chi connectivity index (χ4n) is 3.54. The molecule has 6 nitrogen and oxygen atoms in total. The fraction of sp³-hybridized carbons (Fsp3) is 0.115. The highest BCUT2D eigenvalue weighted by molar-refractivity contribution is 7.80. The molecule has 2 N–H and O–H groups in total. The third kappa shape index (κ3) is 5.45. The Morgan fingerprint density at radius 3 is 2.21 bits per heavy atom. The predicted molar refractivity (Wildman–Crippen MR) is 128 cm³/mol. The summed E-state index contributed by atoms with van der Waals surface area (Å²) in [5.74, 6) is -1.17. The Bertz CT molecular complexity index is 1160. The number of hydrogen-bond donors (Lipinski definition) is 2. The highest BCUT2D eigenvalue weighted by Crippen LogP contribution is 2.31. The molecular formula is C26H22N2O4S. The maximum absolute atomic E-state index is 13.0. The summed E-state index contributed by atoms with van der Waals surface area (Å²) in [6, 6.07) is 24.7. The first-order chi connectivity index (χ1) is 16.0. The van der Waals surface area contributed by atoms with Crippen molar-refractivity contribution in [1.82, 2.24) is 10.6 Å². The van der Waals surface area contributed by atoms with Crippen molar-refractivity contribution >= 4 is 29.3 Å². The second-order valence-corrected chi connectivity index (χ2v) is 7.91.